The Morgan fingerprint density at radius 3 is 2.68 bits per heavy atom. The lowest BCUT2D eigenvalue weighted by Crippen LogP contribution is -2.12. The molecule has 0 saturated carbocycles. The highest BCUT2D eigenvalue weighted by molar-refractivity contribution is 7.98. The quantitative estimate of drug-likeness (QED) is 0.751. The van der Waals surface area contributed by atoms with Crippen LogP contribution in [0.5, 0.6) is 5.75 Å². The summed E-state index contributed by atoms with van der Waals surface area (Å²) in [6, 6.07) is 15.4. The van der Waals surface area contributed by atoms with E-state index in [-0.39, 0.29) is 5.91 Å². The van der Waals surface area contributed by atoms with Crippen LogP contribution in [0.25, 0.3) is 0 Å². The fourth-order valence-electron chi connectivity index (χ4n) is 1.90. The molecule has 0 aliphatic heterocycles. The molecule has 0 heterocycles. The number of amides is 1. The molecule has 0 spiro atoms. The molecule has 5 heteroatoms. The molecule has 0 bridgehead atoms. The van der Waals surface area contributed by atoms with Crippen molar-refractivity contribution in [3.63, 3.8) is 0 Å². The van der Waals surface area contributed by atoms with Crippen LogP contribution >= 0.6 is 23.4 Å². The third-order valence-electron chi connectivity index (χ3n) is 3.02. The molecule has 0 fully saturated rings. The van der Waals surface area contributed by atoms with Gasteiger partial charge in [0.2, 0.25) is 5.91 Å². The van der Waals surface area contributed by atoms with Crippen molar-refractivity contribution >= 4 is 35.0 Å². The van der Waals surface area contributed by atoms with Gasteiger partial charge in [-0.05, 0) is 23.8 Å². The second-order valence-corrected chi connectivity index (χ2v) is 6.20. The zero-order chi connectivity index (χ0) is 15.8. The molecule has 22 heavy (non-hydrogen) atoms. The van der Waals surface area contributed by atoms with E-state index in [0.717, 1.165) is 11.5 Å². The van der Waals surface area contributed by atoms with Crippen LogP contribution in [0.4, 0.5) is 5.69 Å². The molecule has 1 N–H and O–H groups in total. The minimum absolute atomic E-state index is 0.0122. The van der Waals surface area contributed by atoms with E-state index in [1.165, 1.54) is 5.56 Å². The highest BCUT2D eigenvalue weighted by Gasteiger charge is 2.06. The predicted octanol–water partition coefficient (Wildman–Crippen LogP) is 4.61. The maximum Gasteiger partial charge on any atom is 0.225 e. The number of hydrogen-bond acceptors (Lipinski definition) is 3. The zero-order valence-corrected chi connectivity index (χ0v) is 13.9. The first-order valence-electron chi connectivity index (χ1n) is 6.94. The lowest BCUT2D eigenvalue weighted by molar-refractivity contribution is -0.115. The Morgan fingerprint density at radius 2 is 2.00 bits per heavy atom. The summed E-state index contributed by atoms with van der Waals surface area (Å²) in [5.74, 6) is 2.28. The van der Waals surface area contributed by atoms with Crippen LogP contribution < -0.4 is 10.1 Å². The number of anilines is 1. The second kappa shape index (κ2) is 8.71. The van der Waals surface area contributed by atoms with Crippen LogP contribution in [0.3, 0.4) is 0 Å². The minimum atomic E-state index is -0.0122. The molecule has 0 unspecified atom stereocenters. The van der Waals surface area contributed by atoms with Gasteiger partial charge in [0.15, 0.2) is 0 Å². The lowest BCUT2D eigenvalue weighted by Gasteiger charge is -2.08. The van der Waals surface area contributed by atoms with Crippen molar-refractivity contribution in [1.29, 1.82) is 0 Å². The smallest absolute Gasteiger partial charge is 0.225 e. The van der Waals surface area contributed by atoms with E-state index in [4.69, 9.17) is 16.3 Å². The van der Waals surface area contributed by atoms with E-state index in [0.29, 0.717) is 22.9 Å². The molecule has 0 atom stereocenters. The predicted molar refractivity (Wildman–Crippen MR) is 93.9 cm³/mol. The molecule has 0 aliphatic carbocycles. The Hall–Kier alpha value is -1.65. The molecule has 2 rings (SSSR count). The van der Waals surface area contributed by atoms with Crippen molar-refractivity contribution < 1.29 is 9.53 Å². The average molecular weight is 336 g/mol. The van der Waals surface area contributed by atoms with Crippen molar-refractivity contribution in [2.75, 3.05) is 18.2 Å². The van der Waals surface area contributed by atoms with Crippen LogP contribution in [0.15, 0.2) is 48.5 Å². The van der Waals surface area contributed by atoms with Gasteiger partial charge in [-0.15, -0.1) is 0 Å². The molecule has 0 radical (unpaired) electrons. The molecule has 116 valence electrons. The number of methoxy groups -OCH3 is 1. The molecule has 3 nitrogen and oxygen atoms in total. The highest BCUT2D eigenvalue weighted by Crippen LogP contribution is 2.27. The third-order valence-corrected chi connectivity index (χ3v) is 4.35. The SMILES string of the molecule is COc1ccc(NC(=O)CCSCc2ccccc2)cc1Cl. The number of halogens is 1. The second-order valence-electron chi connectivity index (χ2n) is 4.69. The highest BCUT2D eigenvalue weighted by atomic mass is 35.5. The molecule has 2 aromatic rings. The van der Waals surface area contributed by atoms with Gasteiger partial charge in [0.1, 0.15) is 5.75 Å². The van der Waals surface area contributed by atoms with Gasteiger partial charge in [-0.1, -0.05) is 41.9 Å². The number of benzene rings is 2. The largest absolute Gasteiger partial charge is 0.495 e. The van der Waals surface area contributed by atoms with Crippen molar-refractivity contribution in [2.24, 2.45) is 0 Å². The number of thioether (sulfide) groups is 1. The summed E-state index contributed by atoms with van der Waals surface area (Å²) in [6.45, 7) is 0. The van der Waals surface area contributed by atoms with E-state index < -0.39 is 0 Å². The molecule has 0 aliphatic rings. The molecule has 0 saturated heterocycles. The van der Waals surface area contributed by atoms with Crippen LogP contribution in [-0.2, 0) is 10.5 Å². The normalized spacial score (nSPS) is 10.3. The summed E-state index contributed by atoms with van der Waals surface area (Å²) in [6.07, 6.45) is 0.473. The molecular weight excluding hydrogens is 318 g/mol. The summed E-state index contributed by atoms with van der Waals surface area (Å²) in [5, 5.41) is 3.33. The van der Waals surface area contributed by atoms with Gasteiger partial charge < -0.3 is 10.1 Å². The Bertz CT molecular complexity index is 619. The lowest BCUT2D eigenvalue weighted by atomic mass is 10.2. The topological polar surface area (TPSA) is 38.3 Å². The zero-order valence-electron chi connectivity index (χ0n) is 12.3. The monoisotopic (exact) mass is 335 g/mol. The van der Waals surface area contributed by atoms with Gasteiger partial charge in [0.05, 0.1) is 12.1 Å². The maximum absolute atomic E-state index is 11.9. The Labute approximate surface area is 140 Å². The summed E-state index contributed by atoms with van der Waals surface area (Å²) < 4.78 is 5.08. The van der Waals surface area contributed by atoms with E-state index in [1.54, 1.807) is 37.1 Å². The Morgan fingerprint density at radius 1 is 1.23 bits per heavy atom. The number of rotatable bonds is 7. The van der Waals surface area contributed by atoms with Gasteiger partial charge in [0.25, 0.3) is 0 Å². The van der Waals surface area contributed by atoms with Crippen LogP contribution in [-0.4, -0.2) is 18.8 Å². The van der Waals surface area contributed by atoms with Gasteiger partial charge in [-0.25, -0.2) is 0 Å². The fourth-order valence-corrected chi connectivity index (χ4v) is 3.06. The summed E-state index contributed by atoms with van der Waals surface area (Å²) in [5.41, 5.74) is 1.96. The summed E-state index contributed by atoms with van der Waals surface area (Å²) in [7, 11) is 1.56. The molecule has 2 aromatic carbocycles. The van der Waals surface area contributed by atoms with E-state index in [2.05, 4.69) is 17.4 Å². The first kappa shape index (κ1) is 16.7. The first-order chi connectivity index (χ1) is 10.7. The van der Waals surface area contributed by atoms with Gasteiger partial charge in [0, 0.05) is 23.6 Å². The van der Waals surface area contributed by atoms with Crippen molar-refractivity contribution in [3.8, 4) is 5.75 Å². The van der Waals surface area contributed by atoms with Crippen molar-refractivity contribution in [2.45, 2.75) is 12.2 Å². The first-order valence-corrected chi connectivity index (χ1v) is 8.47. The van der Waals surface area contributed by atoms with Gasteiger partial charge >= 0.3 is 0 Å². The van der Waals surface area contributed by atoms with E-state index >= 15 is 0 Å². The minimum Gasteiger partial charge on any atom is -0.495 e. The Balaban J connectivity index is 1.73. The van der Waals surface area contributed by atoms with E-state index in [1.807, 2.05) is 18.2 Å². The van der Waals surface area contributed by atoms with Gasteiger partial charge in [-0.3, -0.25) is 4.79 Å². The van der Waals surface area contributed by atoms with Crippen molar-refractivity contribution in [1.82, 2.24) is 0 Å². The average Bonchev–Trinajstić information content (AvgIpc) is 2.53. The molecule has 1 amide bonds. The van der Waals surface area contributed by atoms with Crippen LogP contribution in [0, 0.1) is 0 Å². The maximum atomic E-state index is 11.9. The number of carbonyl (C=O) groups is 1. The Kier molecular flexibility index (Phi) is 6.62. The number of ether oxygens (including phenoxy) is 1. The molecular formula is C17H18ClNO2S. The number of carbonyl (C=O) groups excluding carboxylic acids is 1. The van der Waals surface area contributed by atoms with Crippen molar-refractivity contribution in [3.05, 3.63) is 59.1 Å². The summed E-state index contributed by atoms with van der Waals surface area (Å²) in [4.78, 5) is 11.9. The fraction of sp³-hybridized carbons (Fsp3) is 0.235. The third kappa shape index (κ3) is 5.28. The van der Waals surface area contributed by atoms with Crippen LogP contribution in [0.1, 0.15) is 12.0 Å². The summed E-state index contributed by atoms with van der Waals surface area (Å²) >= 11 is 7.77. The van der Waals surface area contributed by atoms with Crippen LogP contribution in [0.2, 0.25) is 5.02 Å². The molecule has 0 aromatic heterocycles. The number of nitrogens with one attached hydrogen (secondary N) is 1. The van der Waals surface area contributed by atoms with E-state index in [9.17, 15) is 4.79 Å². The number of hydrogen-bond donors (Lipinski definition) is 1. The standard InChI is InChI=1S/C17H18ClNO2S/c1-21-16-8-7-14(11-15(16)18)19-17(20)9-10-22-12-13-5-3-2-4-6-13/h2-8,11H,9-10,12H2,1H3,(H,19,20). The van der Waals surface area contributed by atoms with Gasteiger partial charge in [-0.2, -0.15) is 11.8 Å².